The number of carbonyl (C=O) groups excluding carboxylic acids is 1. The van der Waals surface area contributed by atoms with Crippen molar-refractivity contribution in [3.63, 3.8) is 0 Å². The van der Waals surface area contributed by atoms with Crippen LogP contribution in [0.3, 0.4) is 0 Å². The van der Waals surface area contributed by atoms with E-state index in [9.17, 15) is 19.5 Å². The molecule has 0 radical (unpaired) electrons. The van der Waals surface area contributed by atoms with Crippen molar-refractivity contribution in [3.8, 4) is 0 Å². The van der Waals surface area contributed by atoms with Gasteiger partial charge in [-0.15, -0.1) is 12.4 Å². The second-order valence-corrected chi connectivity index (χ2v) is 3.62. The Labute approximate surface area is 104 Å². The van der Waals surface area contributed by atoms with E-state index in [1.165, 1.54) is 0 Å². The summed E-state index contributed by atoms with van der Waals surface area (Å²) in [5.41, 5.74) is -2.63. The Kier molecular flexibility index (Phi) is 7.51. The second-order valence-electron chi connectivity index (χ2n) is 3.62. The Morgan fingerprint density at radius 3 is 1.94 bits per heavy atom. The summed E-state index contributed by atoms with van der Waals surface area (Å²) in [6.45, 7) is 3.10. The number of carboxylic acid groups (broad SMARTS) is 2. The average Bonchev–Trinajstić information content (AvgIpc) is 1.98. The monoisotopic (exact) mass is 270 g/mol. The molecule has 17 heavy (non-hydrogen) atoms. The van der Waals surface area contributed by atoms with Crippen molar-refractivity contribution < 1.29 is 34.4 Å². The molecular formula is C9H15ClO7. The molecule has 1 unspecified atom stereocenters. The first-order valence-electron chi connectivity index (χ1n) is 4.54. The molecule has 0 saturated heterocycles. The lowest BCUT2D eigenvalue weighted by atomic mass is 9.96. The van der Waals surface area contributed by atoms with Gasteiger partial charge < -0.3 is 20.1 Å². The van der Waals surface area contributed by atoms with Crippen LogP contribution in [0.2, 0.25) is 0 Å². The van der Waals surface area contributed by atoms with Crippen molar-refractivity contribution in [2.24, 2.45) is 0 Å². The van der Waals surface area contributed by atoms with Gasteiger partial charge in [0.25, 0.3) is 0 Å². The molecule has 0 aromatic rings. The number of carboxylic acids is 2. The maximum Gasteiger partial charge on any atom is 0.336 e. The number of aliphatic hydroxyl groups is 1. The van der Waals surface area contributed by atoms with E-state index < -0.39 is 42.5 Å². The van der Waals surface area contributed by atoms with E-state index in [1.807, 2.05) is 0 Å². The molecule has 1 atom stereocenters. The number of ether oxygens (including phenoxy) is 1. The third-order valence-electron chi connectivity index (χ3n) is 1.65. The zero-order chi connectivity index (χ0) is 12.9. The first-order chi connectivity index (χ1) is 7.17. The molecule has 0 spiro atoms. The topological polar surface area (TPSA) is 121 Å². The van der Waals surface area contributed by atoms with Crippen LogP contribution in [-0.4, -0.2) is 44.9 Å². The zero-order valence-corrected chi connectivity index (χ0v) is 10.2. The fourth-order valence-corrected chi connectivity index (χ4v) is 1.01. The minimum absolute atomic E-state index is 0. The number of esters is 1. The normalized spacial score (nSPS) is 13.4. The van der Waals surface area contributed by atoms with Crippen molar-refractivity contribution in [2.75, 3.05) is 0 Å². The van der Waals surface area contributed by atoms with Crippen molar-refractivity contribution in [3.05, 3.63) is 0 Å². The molecule has 0 aromatic carbocycles. The number of hydrogen-bond acceptors (Lipinski definition) is 5. The van der Waals surface area contributed by atoms with Crippen LogP contribution in [0.15, 0.2) is 0 Å². The summed E-state index contributed by atoms with van der Waals surface area (Å²) in [5.74, 6) is -4.24. The number of hydrogen-bond donors (Lipinski definition) is 3. The lowest BCUT2D eigenvalue weighted by Crippen LogP contribution is -2.43. The van der Waals surface area contributed by atoms with E-state index in [-0.39, 0.29) is 12.4 Å². The van der Waals surface area contributed by atoms with Crippen molar-refractivity contribution in [2.45, 2.75) is 38.4 Å². The van der Waals surface area contributed by atoms with E-state index in [2.05, 4.69) is 4.74 Å². The lowest BCUT2D eigenvalue weighted by molar-refractivity contribution is -0.173. The Morgan fingerprint density at radius 2 is 1.65 bits per heavy atom. The molecule has 0 heterocycles. The first-order valence-corrected chi connectivity index (χ1v) is 4.54. The molecule has 100 valence electrons. The third kappa shape index (κ3) is 6.75. The number of rotatable bonds is 6. The van der Waals surface area contributed by atoms with Crippen LogP contribution in [0.4, 0.5) is 0 Å². The standard InChI is InChI=1S/C9H14O7.ClH/c1-5(2)16-7(12)4-9(15,8(13)14)3-6(10)11;/h5,15H,3-4H2,1-2H3,(H,10,11)(H,13,14);1H. The highest BCUT2D eigenvalue weighted by Gasteiger charge is 2.41. The summed E-state index contributed by atoms with van der Waals surface area (Å²) in [4.78, 5) is 32.1. The quantitative estimate of drug-likeness (QED) is 0.583. The Balaban J connectivity index is 0. The highest BCUT2D eigenvalue weighted by atomic mass is 35.5. The molecule has 0 bridgehead atoms. The summed E-state index contributed by atoms with van der Waals surface area (Å²) in [5, 5.41) is 26.5. The molecule has 0 saturated carbocycles. The molecule has 3 N–H and O–H groups in total. The summed E-state index contributed by atoms with van der Waals surface area (Å²) < 4.78 is 4.62. The van der Waals surface area contributed by atoms with Crippen molar-refractivity contribution in [1.82, 2.24) is 0 Å². The number of halogens is 1. The maximum absolute atomic E-state index is 11.1. The van der Waals surface area contributed by atoms with Gasteiger partial charge in [-0.3, -0.25) is 9.59 Å². The van der Waals surface area contributed by atoms with Gasteiger partial charge in [0, 0.05) is 0 Å². The fourth-order valence-electron chi connectivity index (χ4n) is 1.01. The van der Waals surface area contributed by atoms with E-state index >= 15 is 0 Å². The summed E-state index contributed by atoms with van der Waals surface area (Å²) in [6.07, 6.45) is -2.42. The Hall–Kier alpha value is -1.34. The predicted octanol–water partition coefficient (Wildman–Crippen LogP) is 0.0403. The van der Waals surface area contributed by atoms with Crippen LogP contribution >= 0.6 is 12.4 Å². The van der Waals surface area contributed by atoms with Crippen LogP contribution in [0.5, 0.6) is 0 Å². The number of carbonyl (C=O) groups is 3. The van der Waals surface area contributed by atoms with Crippen LogP contribution in [0, 0.1) is 0 Å². The minimum Gasteiger partial charge on any atom is -0.481 e. The molecule has 8 heteroatoms. The molecule has 0 aliphatic carbocycles. The third-order valence-corrected chi connectivity index (χ3v) is 1.65. The molecule has 0 aliphatic rings. The van der Waals surface area contributed by atoms with Crippen LogP contribution in [-0.2, 0) is 19.1 Å². The van der Waals surface area contributed by atoms with E-state index in [1.54, 1.807) is 13.8 Å². The largest absolute Gasteiger partial charge is 0.481 e. The van der Waals surface area contributed by atoms with E-state index in [4.69, 9.17) is 10.2 Å². The van der Waals surface area contributed by atoms with Gasteiger partial charge in [-0.2, -0.15) is 0 Å². The molecular weight excluding hydrogens is 256 g/mol. The van der Waals surface area contributed by atoms with Gasteiger partial charge in [-0.25, -0.2) is 4.79 Å². The van der Waals surface area contributed by atoms with Gasteiger partial charge in [0.05, 0.1) is 18.9 Å². The molecule has 0 fully saturated rings. The lowest BCUT2D eigenvalue weighted by Gasteiger charge is -2.20. The van der Waals surface area contributed by atoms with Crippen LogP contribution < -0.4 is 0 Å². The first kappa shape index (κ1) is 18.0. The zero-order valence-electron chi connectivity index (χ0n) is 9.37. The van der Waals surface area contributed by atoms with Crippen molar-refractivity contribution in [1.29, 1.82) is 0 Å². The smallest absolute Gasteiger partial charge is 0.336 e. The van der Waals surface area contributed by atoms with Gasteiger partial charge in [-0.1, -0.05) is 0 Å². The van der Waals surface area contributed by atoms with Gasteiger partial charge in [0.2, 0.25) is 0 Å². The Bertz CT molecular complexity index is 302. The van der Waals surface area contributed by atoms with E-state index in [0.29, 0.717) is 0 Å². The predicted molar refractivity (Wildman–Crippen MR) is 57.9 cm³/mol. The fraction of sp³-hybridized carbons (Fsp3) is 0.667. The van der Waals surface area contributed by atoms with Crippen LogP contribution in [0.1, 0.15) is 26.7 Å². The molecule has 0 rings (SSSR count). The molecule has 0 amide bonds. The van der Waals surface area contributed by atoms with Crippen LogP contribution in [0.25, 0.3) is 0 Å². The van der Waals surface area contributed by atoms with Crippen molar-refractivity contribution >= 4 is 30.3 Å². The Morgan fingerprint density at radius 1 is 1.18 bits per heavy atom. The van der Waals surface area contributed by atoms with Gasteiger partial charge in [0.15, 0.2) is 5.60 Å². The summed E-state index contributed by atoms with van der Waals surface area (Å²) >= 11 is 0. The van der Waals surface area contributed by atoms with Gasteiger partial charge >= 0.3 is 17.9 Å². The number of aliphatic carboxylic acids is 2. The molecule has 0 aromatic heterocycles. The maximum atomic E-state index is 11.1. The summed E-state index contributed by atoms with van der Waals surface area (Å²) in [6, 6.07) is 0. The minimum atomic E-state index is -2.63. The summed E-state index contributed by atoms with van der Waals surface area (Å²) in [7, 11) is 0. The SMILES string of the molecule is CC(C)OC(=O)CC(O)(CC(=O)O)C(=O)O.Cl. The molecule has 0 aliphatic heterocycles. The highest BCUT2D eigenvalue weighted by Crippen LogP contribution is 2.17. The van der Waals surface area contributed by atoms with E-state index in [0.717, 1.165) is 0 Å². The van der Waals surface area contributed by atoms with Gasteiger partial charge in [0.1, 0.15) is 0 Å². The molecule has 7 nitrogen and oxygen atoms in total. The highest BCUT2D eigenvalue weighted by molar-refractivity contribution is 5.88. The average molecular weight is 271 g/mol. The second kappa shape index (κ2) is 7.08. The van der Waals surface area contributed by atoms with Gasteiger partial charge in [-0.05, 0) is 13.8 Å².